The number of methoxy groups -OCH3 is 1. The minimum Gasteiger partial charge on any atom is -0.508 e. The number of carbonyl (C=O) groups excluding carboxylic acids is 1. The summed E-state index contributed by atoms with van der Waals surface area (Å²) in [5.41, 5.74) is 0.536. The van der Waals surface area contributed by atoms with E-state index in [0.717, 1.165) is 7.11 Å². The predicted octanol–water partition coefficient (Wildman–Crippen LogP) is -2.02. The van der Waals surface area contributed by atoms with Crippen LogP contribution in [0.25, 0.3) is 0 Å². The Labute approximate surface area is 143 Å². The summed E-state index contributed by atoms with van der Waals surface area (Å²) in [7, 11) is 1.14. The number of phenols is 1. The Balaban J connectivity index is 2.28. The number of aliphatic hydroxyl groups is 5. The van der Waals surface area contributed by atoms with Gasteiger partial charge in [-0.1, -0.05) is 6.07 Å². The summed E-state index contributed by atoms with van der Waals surface area (Å²) >= 11 is 0. The van der Waals surface area contributed by atoms with Crippen LogP contribution in [-0.2, 0) is 20.7 Å². The topological polar surface area (TPSA) is 157 Å². The van der Waals surface area contributed by atoms with Crippen molar-refractivity contribution in [2.75, 3.05) is 13.7 Å². The van der Waals surface area contributed by atoms with Crippen LogP contribution in [0.5, 0.6) is 5.75 Å². The summed E-state index contributed by atoms with van der Waals surface area (Å²) in [5.74, 6) is -1.07. The van der Waals surface area contributed by atoms with Gasteiger partial charge in [-0.3, -0.25) is 0 Å². The molecule has 1 aliphatic heterocycles. The number of rotatable bonds is 5. The first kappa shape index (κ1) is 19.6. The quantitative estimate of drug-likeness (QED) is 0.327. The van der Waals surface area contributed by atoms with Crippen molar-refractivity contribution in [3.05, 3.63) is 29.3 Å². The lowest BCUT2D eigenvalue weighted by atomic mass is 9.89. The highest BCUT2D eigenvalue weighted by atomic mass is 16.5. The predicted molar refractivity (Wildman–Crippen MR) is 82.6 cm³/mol. The fourth-order valence-corrected chi connectivity index (χ4v) is 2.76. The van der Waals surface area contributed by atoms with E-state index in [0.29, 0.717) is 5.56 Å². The van der Waals surface area contributed by atoms with Crippen molar-refractivity contribution in [1.29, 1.82) is 0 Å². The molecule has 1 heterocycles. The zero-order valence-electron chi connectivity index (χ0n) is 13.5. The number of ether oxygens (including phenoxy) is 2. The minimum absolute atomic E-state index is 0.0893. The SMILES string of the molecule is COC(=O)[C@H](O)Cc1ccc(O)c([C@@H]2O[C@H](CO)[C@@H](O)[C@H](O)[C@H]2O)c1. The van der Waals surface area contributed by atoms with Crippen LogP contribution in [0, 0.1) is 0 Å². The van der Waals surface area contributed by atoms with Crippen LogP contribution >= 0.6 is 0 Å². The molecule has 0 aliphatic carbocycles. The molecule has 9 nitrogen and oxygen atoms in total. The maximum absolute atomic E-state index is 11.3. The summed E-state index contributed by atoms with van der Waals surface area (Å²) in [6.45, 7) is -0.594. The highest BCUT2D eigenvalue weighted by Crippen LogP contribution is 2.37. The Bertz CT molecular complexity index is 603. The fourth-order valence-electron chi connectivity index (χ4n) is 2.76. The second-order valence-electron chi connectivity index (χ2n) is 5.89. The molecule has 1 aromatic rings. The van der Waals surface area contributed by atoms with Crippen molar-refractivity contribution in [3.8, 4) is 5.75 Å². The summed E-state index contributed by atoms with van der Waals surface area (Å²) in [6.07, 6.45) is -8.49. The third-order valence-electron chi connectivity index (χ3n) is 4.19. The third-order valence-corrected chi connectivity index (χ3v) is 4.19. The van der Waals surface area contributed by atoms with Crippen LogP contribution < -0.4 is 0 Å². The second-order valence-corrected chi connectivity index (χ2v) is 5.89. The van der Waals surface area contributed by atoms with Crippen molar-refractivity contribution >= 4 is 5.97 Å². The number of carbonyl (C=O) groups is 1. The van der Waals surface area contributed by atoms with Crippen molar-refractivity contribution in [3.63, 3.8) is 0 Å². The van der Waals surface area contributed by atoms with Crippen LogP contribution in [0.2, 0.25) is 0 Å². The Morgan fingerprint density at radius 1 is 1.24 bits per heavy atom. The maximum atomic E-state index is 11.3. The van der Waals surface area contributed by atoms with Crippen LogP contribution in [0.4, 0.5) is 0 Å². The van der Waals surface area contributed by atoms with Gasteiger partial charge in [-0.25, -0.2) is 4.79 Å². The van der Waals surface area contributed by atoms with E-state index in [1.165, 1.54) is 18.2 Å². The van der Waals surface area contributed by atoms with E-state index in [4.69, 9.17) is 4.74 Å². The van der Waals surface area contributed by atoms with Crippen molar-refractivity contribution in [2.24, 2.45) is 0 Å². The summed E-state index contributed by atoms with van der Waals surface area (Å²) in [4.78, 5) is 11.3. The number of aliphatic hydroxyl groups excluding tert-OH is 5. The molecule has 1 fully saturated rings. The first-order valence-electron chi connectivity index (χ1n) is 7.68. The minimum atomic E-state index is -1.58. The van der Waals surface area contributed by atoms with E-state index in [1.807, 2.05) is 0 Å². The monoisotopic (exact) mass is 358 g/mol. The van der Waals surface area contributed by atoms with Gasteiger partial charge in [0.05, 0.1) is 13.7 Å². The lowest BCUT2D eigenvalue weighted by Gasteiger charge is -2.40. The molecular formula is C16H22O9. The van der Waals surface area contributed by atoms with E-state index in [-0.39, 0.29) is 17.7 Å². The average molecular weight is 358 g/mol. The standard InChI is InChI=1S/C16H22O9/c1-24-16(23)10(19)5-7-2-3-9(18)8(4-7)15-14(22)13(21)12(20)11(6-17)25-15/h2-4,10-15,17-22H,5-6H2,1H3/t10-,11-,12-,13+,14-,15+/m1/s1. The normalized spacial score (nSPS) is 30.7. The van der Waals surface area contributed by atoms with E-state index in [2.05, 4.69) is 4.74 Å². The van der Waals surface area contributed by atoms with Gasteiger partial charge in [-0.05, 0) is 17.7 Å². The fraction of sp³-hybridized carbons (Fsp3) is 0.562. The maximum Gasteiger partial charge on any atom is 0.335 e. The average Bonchev–Trinajstić information content (AvgIpc) is 2.61. The Kier molecular flexibility index (Phi) is 6.33. The van der Waals surface area contributed by atoms with Gasteiger partial charge in [-0.2, -0.15) is 0 Å². The second kappa shape index (κ2) is 8.09. The smallest absolute Gasteiger partial charge is 0.335 e. The van der Waals surface area contributed by atoms with Gasteiger partial charge in [0.15, 0.2) is 6.10 Å². The van der Waals surface area contributed by atoms with Gasteiger partial charge in [0, 0.05) is 12.0 Å². The van der Waals surface area contributed by atoms with E-state index in [9.17, 15) is 35.4 Å². The van der Waals surface area contributed by atoms with Gasteiger partial charge < -0.3 is 40.1 Å². The van der Waals surface area contributed by atoms with Crippen LogP contribution in [-0.4, -0.2) is 80.8 Å². The van der Waals surface area contributed by atoms with E-state index in [1.54, 1.807) is 0 Å². The van der Waals surface area contributed by atoms with Crippen LogP contribution in [0.3, 0.4) is 0 Å². The zero-order valence-corrected chi connectivity index (χ0v) is 13.5. The first-order valence-corrected chi connectivity index (χ1v) is 7.68. The van der Waals surface area contributed by atoms with Crippen molar-refractivity contribution < 1.29 is 44.9 Å². The Hall–Kier alpha value is -1.75. The number of hydrogen-bond donors (Lipinski definition) is 6. The number of benzene rings is 1. The number of hydrogen-bond acceptors (Lipinski definition) is 9. The Morgan fingerprint density at radius 3 is 2.52 bits per heavy atom. The van der Waals surface area contributed by atoms with E-state index < -0.39 is 49.2 Å². The molecule has 1 aromatic carbocycles. The highest BCUT2D eigenvalue weighted by Gasteiger charge is 2.44. The molecule has 6 N–H and O–H groups in total. The largest absolute Gasteiger partial charge is 0.508 e. The molecular weight excluding hydrogens is 336 g/mol. The van der Waals surface area contributed by atoms with Gasteiger partial charge in [0.25, 0.3) is 0 Å². The summed E-state index contributed by atoms with van der Waals surface area (Å²) in [5, 5.41) is 58.8. The molecule has 25 heavy (non-hydrogen) atoms. The molecule has 0 radical (unpaired) electrons. The molecule has 9 heteroatoms. The zero-order chi connectivity index (χ0) is 18.7. The van der Waals surface area contributed by atoms with Crippen molar-refractivity contribution in [1.82, 2.24) is 0 Å². The van der Waals surface area contributed by atoms with Gasteiger partial charge >= 0.3 is 5.97 Å². The number of phenolic OH excluding ortho intramolecular Hbond substituents is 1. The molecule has 0 bridgehead atoms. The number of aromatic hydroxyl groups is 1. The molecule has 0 saturated carbocycles. The summed E-state index contributed by atoms with van der Waals surface area (Å²) < 4.78 is 9.84. The molecule has 140 valence electrons. The highest BCUT2D eigenvalue weighted by molar-refractivity contribution is 5.74. The molecule has 0 aromatic heterocycles. The van der Waals surface area contributed by atoms with Crippen LogP contribution in [0.15, 0.2) is 18.2 Å². The molecule has 0 spiro atoms. The summed E-state index contributed by atoms with van der Waals surface area (Å²) in [6, 6.07) is 4.15. The molecule has 0 unspecified atom stereocenters. The van der Waals surface area contributed by atoms with Gasteiger partial charge in [0.1, 0.15) is 36.3 Å². The molecule has 6 atom stereocenters. The lowest BCUT2D eigenvalue weighted by molar-refractivity contribution is -0.232. The van der Waals surface area contributed by atoms with Gasteiger partial charge in [-0.15, -0.1) is 0 Å². The first-order chi connectivity index (χ1) is 11.8. The van der Waals surface area contributed by atoms with Gasteiger partial charge in [0.2, 0.25) is 0 Å². The molecule has 1 aliphatic rings. The molecule has 0 amide bonds. The number of esters is 1. The van der Waals surface area contributed by atoms with E-state index >= 15 is 0 Å². The third kappa shape index (κ3) is 4.09. The molecule has 1 saturated heterocycles. The van der Waals surface area contributed by atoms with Crippen LogP contribution in [0.1, 0.15) is 17.2 Å². The lowest BCUT2D eigenvalue weighted by Crippen LogP contribution is -2.55. The Morgan fingerprint density at radius 2 is 1.92 bits per heavy atom. The molecule has 2 rings (SSSR count). The van der Waals surface area contributed by atoms with Crippen molar-refractivity contribution in [2.45, 2.75) is 43.0 Å².